The van der Waals surface area contributed by atoms with E-state index in [4.69, 9.17) is 16.3 Å². The van der Waals surface area contributed by atoms with Crippen LogP contribution in [0.1, 0.15) is 10.5 Å². The number of hydrogen-bond acceptors (Lipinski definition) is 4. The van der Waals surface area contributed by atoms with Gasteiger partial charge in [0, 0.05) is 20.6 Å². The molecule has 172 valence electrons. The standard InChI is InChI=1S/C24H18BrClN4O4/c1-34-21-5-3-2-4-18(21)28-23(32)24(33)29-30-19-11-6-15(25)12-14(19)13-20(30)22(31)27-17-9-7-16(26)8-10-17/h2-13H,1H3,(H,27,31)(H,28,32)(H,29,33). The number of fused-ring (bicyclic) bond motifs is 1. The summed E-state index contributed by atoms with van der Waals surface area (Å²) in [5.74, 6) is -1.97. The normalized spacial score (nSPS) is 10.6. The van der Waals surface area contributed by atoms with E-state index in [0.717, 1.165) is 4.47 Å². The second-order valence-electron chi connectivity index (χ2n) is 7.12. The highest BCUT2D eigenvalue weighted by Crippen LogP contribution is 2.25. The van der Waals surface area contributed by atoms with Gasteiger partial charge in [0.2, 0.25) is 0 Å². The number of halogens is 2. The molecule has 34 heavy (non-hydrogen) atoms. The quantitative estimate of drug-likeness (QED) is 0.309. The predicted molar refractivity (Wildman–Crippen MR) is 135 cm³/mol. The first-order chi connectivity index (χ1) is 16.4. The highest BCUT2D eigenvalue weighted by molar-refractivity contribution is 9.10. The fourth-order valence-electron chi connectivity index (χ4n) is 3.28. The lowest BCUT2D eigenvalue weighted by atomic mass is 10.2. The SMILES string of the molecule is COc1ccccc1NC(=O)C(=O)Nn1c(C(=O)Nc2ccc(Cl)cc2)cc2cc(Br)ccc21. The average molecular weight is 542 g/mol. The third-order valence-electron chi connectivity index (χ3n) is 4.87. The van der Waals surface area contributed by atoms with Crippen LogP contribution in [0, 0.1) is 0 Å². The van der Waals surface area contributed by atoms with Crippen LogP contribution in [0.4, 0.5) is 11.4 Å². The first-order valence-electron chi connectivity index (χ1n) is 9.99. The van der Waals surface area contributed by atoms with Crippen molar-refractivity contribution in [2.75, 3.05) is 23.2 Å². The topological polar surface area (TPSA) is 101 Å². The Kier molecular flexibility index (Phi) is 6.85. The Balaban J connectivity index is 1.62. The molecule has 10 heteroatoms. The number of anilines is 2. The number of methoxy groups -OCH3 is 1. The first-order valence-corrected chi connectivity index (χ1v) is 11.2. The minimum Gasteiger partial charge on any atom is -0.495 e. The van der Waals surface area contributed by atoms with Gasteiger partial charge in [-0.05, 0) is 60.7 Å². The summed E-state index contributed by atoms with van der Waals surface area (Å²) in [6.45, 7) is 0. The molecule has 0 atom stereocenters. The van der Waals surface area contributed by atoms with E-state index in [2.05, 4.69) is 32.0 Å². The number of para-hydroxylation sites is 2. The first kappa shape index (κ1) is 23.3. The van der Waals surface area contributed by atoms with Crippen LogP contribution < -0.4 is 20.8 Å². The van der Waals surface area contributed by atoms with Crippen molar-refractivity contribution in [1.82, 2.24) is 4.68 Å². The number of aromatic nitrogens is 1. The number of carbonyl (C=O) groups excluding carboxylic acids is 3. The lowest BCUT2D eigenvalue weighted by Gasteiger charge is -2.13. The molecule has 4 rings (SSSR count). The van der Waals surface area contributed by atoms with Gasteiger partial charge >= 0.3 is 11.8 Å². The number of benzene rings is 3. The van der Waals surface area contributed by atoms with Crippen molar-refractivity contribution in [3.8, 4) is 5.75 Å². The molecular formula is C24H18BrClN4O4. The number of amides is 3. The minimum atomic E-state index is -0.966. The molecular weight excluding hydrogens is 524 g/mol. The van der Waals surface area contributed by atoms with E-state index >= 15 is 0 Å². The molecule has 0 saturated heterocycles. The van der Waals surface area contributed by atoms with Gasteiger partial charge in [0.05, 0.1) is 18.3 Å². The summed E-state index contributed by atoms with van der Waals surface area (Å²) in [4.78, 5) is 38.4. The molecule has 3 N–H and O–H groups in total. The lowest BCUT2D eigenvalue weighted by Crippen LogP contribution is -2.36. The van der Waals surface area contributed by atoms with E-state index in [1.807, 2.05) is 0 Å². The van der Waals surface area contributed by atoms with Crippen LogP contribution in [0.25, 0.3) is 10.9 Å². The highest BCUT2D eigenvalue weighted by atomic mass is 79.9. The fourth-order valence-corrected chi connectivity index (χ4v) is 3.79. The number of ether oxygens (including phenoxy) is 1. The van der Waals surface area contributed by atoms with Crippen LogP contribution in [-0.2, 0) is 9.59 Å². The lowest BCUT2D eigenvalue weighted by molar-refractivity contribution is -0.133. The molecule has 0 aliphatic rings. The van der Waals surface area contributed by atoms with E-state index in [1.54, 1.807) is 72.8 Å². The molecule has 3 amide bonds. The van der Waals surface area contributed by atoms with Crippen LogP contribution in [0.15, 0.2) is 77.3 Å². The Labute approximate surface area is 207 Å². The molecule has 8 nitrogen and oxygen atoms in total. The van der Waals surface area contributed by atoms with Gasteiger partial charge in [-0.3, -0.25) is 19.8 Å². The minimum absolute atomic E-state index is 0.126. The van der Waals surface area contributed by atoms with E-state index < -0.39 is 17.7 Å². The maximum Gasteiger partial charge on any atom is 0.328 e. The number of nitrogens with one attached hydrogen (secondary N) is 3. The second-order valence-corrected chi connectivity index (χ2v) is 8.48. The average Bonchev–Trinajstić information content (AvgIpc) is 3.18. The van der Waals surface area contributed by atoms with Crippen molar-refractivity contribution in [2.24, 2.45) is 0 Å². The molecule has 0 aliphatic heterocycles. The van der Waals surface area contributed by atoms with Gasteiger partial charge in [-0.15, -0.1) is 0 Å². The summed E-state index contributed by atoms with van der Waals surface area (Å²) in [7, 11) is 1.46. The Bertz CT molecular complexity index is 1400. The summed E-state index contributed by atoms with van der Waals surface area (Å²) in [5, 5.41) is 6.49. The number of nitrogens with zero attached hydrogens (tertiary/aromatic N) is 1. The zero-order valence-corrected chi connectivity index (χ0v) is 20.1. The Morgan fingerprint density at radius 1 is 0.912 bits per heavy atom. The molecule has 0 radical (unpaired) electrons. The van der Waals surface area contributed by atoms with E-state index in [1.165, 1.54) is 11.8 Å². The van der Waals surface area contributed by atoms with Crippen molar-refractivity contribution in [3.05, 3.63) is 88.0 Å². The van der Waals surface area contributed by atoms with Crippen molar-refractivity contribution in [3.63, 3.8) is 0 Å². The number of carbonyl (C=O) groups is 3. The van der Waals surface area contributed by atoms with Crippen LogP contribution in [0.3, 0.4) is 0 Å². The van der Waals surface area contributed by atoms with Gasteiger partial charge in [-0.2, -0.15) is 0 Å². The van der Waals surface area contributed by atoms with E-state index in [0.29, 0.717) is 33.0 Å². The van der Waals surface area contributed by atoms with Crippen LogP contribution in [0.2, 0.25) is 5.02 Å². The second kappa shape index (κ2) is 9.98. The smallest absolute Gasteiger partial charge is 0.328 e. The maximum atomic E-state index is 13.1. The molecule has 1 heterocycles. The maximum absolute atomic E-state index is 13.1. The summed E-state index contributed by atoms with van der Waals surface area (Å²) in [6, 6.07) is 20.2. The summed E-state index contributed by atoms with van der Waals surface area (Å²) in [5.41, 5.74) is 4.03. The number of rotatable bonds is 5. The van der Waals surface area contributed by atoms with Gasteiger partial charge in [-0.25, -0.2) is 4.68 Å². The zero-order chi connectivity index (χ0) is 24.2. The van der Waals surface area contributed by atoms with Gasteiger partial charge in [-0.1, -0.05) is 39.7 Å². The molecule has 4 aromatic rings. The Hall–Kier alpha value is -3.82. The summed E-state index contributed by atoms with van der Waals surface area (Å²) < 4.78 is 7.27. The largest absolute Gasteiger partial charge is 0.495 e. The third kappa shape index (κ3) is 5.05. The number of hydrogen-bond donors (Lipinski definition) is 3. The van der Waals surface area contributed by atoms with Crippen molar-refractivity contribution < 1.29 is 19.1 Å². The van der Waals surface area contributed by atoms with Gasteiger partial charge < -0.3 is 15.4 Å². The molecule has 1 aromatic heterocycles. The van der Waals surface area contributed by atoms with Gasteiger partial charge in [0.25, 0.3) is 5.91 Å². The van der Waals surface area contributed by atoms with E-state index in [-0.39, 0.29) is 5.69 Å². The van der Waals surface area contributed by atoms with E-state index in [9.17, 15) is 14.4 Å². The van der Waals surface area contributed by atoms with Crippen molar-refractivity contribution >= 4 is 67.5 Å². The molecule has 0 aliphatic carbocycles. The fraction of sp³-hybridized carbons (Fsp3) is 0.0417. The van der Waals surface area contributed by atoms with Crippen molar-refractivity contribution in [2.45, 2.75) is 0 Å². The molecule has 0 unspecified atom stereocenters. The monoisotopic (exact) mass is 540 g/mol. The van der Waals surface area contributed by atoms with Crippen LogP contribution in [0.5, 0.6) is 5.75 Å². The predicted octanol–water partition coefficient (Wildman–Crippen LogP) is 5.03. The van der Waals surface area contributed by atoms with Gasteiger partial charge in [0.15, 0.2) is 0 Å². The third-order valence-corrected chi connectivity index (χ3v) is 5.62. The van der Waals surface area contributed by atoms with Crippen molar-refractivity contribution in [1.29, 1.82) is 0 Å². The summed E-state index contributed by atoms with van der Waals surface area (Å²) in [6.07, 6.45) is 0. The molecule has 3 aromatic carbocycles. The van der Waals surface area contributed by atoms with Crippen LogP contribution >= 0.6 is 27.5 Å². The zero-order valence-electron chi connectivity index (χ0n) is 17.8. The van der Waals surface area contributed by atoms with Gasteiger partial charge in [0.1, 0.15) is 11.4 Å². The summed E-state index contributed by atoms with van der Waals surface area (Å²) >= 11 is 9.31. The Morgan fingerprint density at radius 2 is 1.65 bits per heavy atom. The Morgan fingerprint density at radius 3 is 2.38 bits per heavy atom. The molecule has 0 spiro atoms. The highest BCUT2D eigenvalue weighted by Gasteiger charge is 2.22. The molecule has 0 fully saturated rings. The molecule has 0 bridgehead atoms. The molecule has 0 saturated carbocycles. The van der Waals surface area contributed by atoms with Crippen LogP contribution in [-0.4, -0.2) is 29.5 Å².